The van der Waals surface area contributed by atoms with Crippen LogP contribution in [-0.2, 0) is 9.47 Å². The fourth-order valence-corrected chi connectivity index (χ4v) is 1.09. The topological polar surface area (TPSA) is 42.5 Å². The smallest absolute Gasteiger partial charge is 0.0590 e. The summed E-state index contributed by atoms with van der Waals surface area (Å²) in [6, 6.07) is 0.479. The van der Waals surface area contributed by atoms with Gasteiger partial charge in [0.05, 0.1) is 13.2 Å². The maximum absolute atomic E-state index is 5.22. The summed E-state index contributed by atoms with van der Waals surface area (Å²) in [6.45, 7) is 9.32. The zero-order chi connectivity index (χ0) is 10.6. The fraction of sp³-hybridized carbons (Fsp3) is 1.00. The van der Waals surface area contributed by atoms with Crippen LogP contribution in [0.15, 0.2) is 0 Å². The van der Waals surface area contributed by atoms with Gasteiger partial charge in [0.15, 0.2) is 0 Å². The minimum absolute atomic E-state index is 0.479. The summed E-state index contributed by atoms with van der Waals surface area (Å²) < 4.78 is 10.2. The summed E-state index contributed by atoms with van der Waals surface area (Å²) in [5, 5.41) is 6.66. The van der Waals surface area contributed by atoms with Gasteiger partial charge in [-0.15, -0.1) is 0 Å². The first kappa shape index (κ1) is 13.8. The van der Waals surface area contributed by atoms with E-state index in [0.29, 0.717) is 6.04 Å². The summed E-state index contributed by atoms with van der Waals surface area (Å²) in [5.74, 6) is 0. The van der Waals surface area contributed by atoms with Gasteiger partial charge in [0, 0.05) is 39.4 Å². The molecule has 0 aliphatic heterocycles. The number of hydrogen-bond donors (Lipinski definition) is 2. The van der Waals surface area contributed by atoms with E-state index in [1.807, 2.05) is 6.92 Å². The van der Waals surface area contributed by atoms with Crippen molar-refractivity contribution in [2.24, 2.45) is 0 Å². The minimum Gasteiger partial charge on any atom is -0.383 e. The Kier molecular flexibility index (Phi) is 10.8. The van der Waals surface area contributed by atoms with Gasteiger partial charge < -0.3 is 20.1 Å². The zero-order valence-corrected chi connectivity index (χ0v) is 9.64. The first-order valence-corrected chi connectivity index (χ1v) is 5.32. The summed E-state index contributed by atoms with van der Waals surface area (Å²) >= 11 is 0. The molecule has 1 unspecified atom stereocenters. The van der Waals surface area contributed by atoms with E-state index < -0.39 is 0 Å². The molecule has 0 rings (SSSR count). The number of ether oxygens (including phenoxy) is 2. The molecule has 4 heteroatoms. The molecule has 0 saturated carbocycles. The van der Waals surface area contributed by atoms with Crippen LogP contribution in [0, 0.1) is 0 Å². The Labute approximate surface area is 87.4 Å². The molecular formula is C10H24N2O2. The van der Waals surface area contributed by atoms with Crippen LogP contribution in [0.25, 0.3) is 0 Å². The summed E-state index contributed by atoms with van der Waals surface area (Å²) in [6.07, 6.45) is 0. The van der Waals surface area contributed by atoms with E-state index in [1.165, 1.54) is 0 Å². The predicted molar refractivity (Wildman–Crippen MR) is 58.7 cm³/mol. The second kappa shape index (κ2) is 10.9. The van der Waals surface area contributed by atoms with E-state index >= 15 is 0 Å². The Balaban J connectivity index is 3.07. The molecule has 2 N–H and O–H groups in total. The second-order valence-corrected chi connectivity index (χ2v) is 3.25. The largest absolute Gasteiger partial charge is 0.383 e. The molecule has 1 atom stereocenters. The molecule has 0 heterocycles. The Bertz CT molecular complexity index is 100. The molecule has 0 radical (unpaired) electrons. The standard InChI is InChI=1S/C10H24N2O2/c1-4-14-8-6-12-10(2)9-11-5-7-13-3/h10-12H,4-9H2,1-3H3. The third-order valence-electron chi connectivity index (χ3n) is 1.88. The Morgan fingerprint density at radius 1 is 1.21 bits per heavy atom. The molecule has 0 aromatic rings. The van der Waals surface area contributed by atoms with E-state index in [0.717, 1.165) is 39.5 Å². The lowest BCUT2D eigenvalue weighted by Gasteiger charge is -2.14. The van der Waals surface area contributed by atoms with E-state index in [-0.39, 0.29) is 0 Å². The third-order valence-corrected chi connectivity index (χ3v) is 1.88. The van der Waals surface area contributed by atoms with Gasteiger partial charge in [-0.1, -0.05) is 0 Å². The van der Waals surface area contributed by atoms with Gasteiger partial charge in [0.2, 0.25) is 0 Å². The Morgan fingerprint density at radius 2 is 2.00 bits per heavy atom. The van der Waals surface area contributed by atoms with Crippen LogP contribution in [0.4, 0.5) is 0 Å². The highest BCUT2D eigenvalue weighted by Gasteiger charge is 1.98. The molecule has 0 amide bonds. The van der Waals surface area contributed by atoms with E-state index in [1.54, 1.807) is 7.11 Å². The van der Waals surface area contributed by atoms with E-state index in [9.17, 15) is 0 Å². The Morgan fingerprint density at radius 3 is 2.64 bits per heavy atom. The lowest BCUT2D eigenvalue weighted by molar-refractivity contribution is 0.147. The van der Waals surface area contributed by atoms with Crippen molar-refractivity contribution in [3.63, 3.8) is 0 Å². The summed E-state index contributed by atoms with van der Waals surface area (Å²) in [4.78, 5) is 0. The molecule has 0 fully saturated rings. The highest BCUT2D eigenvalue weighted by atomic mass is 16.5. The minimum atomic E-state index is 0.479. The van der Waals surface area contributed by atoms with Gasteiger partial charge in [-0.2, -0.15) is 0 Å². The van der Waals surface area contributed by atoms with Crippen LogP contribution >= 0.6 is 0 Å². The molecule has 0 aromatic carbocycles. The highest BCUT2D eigenvalue weighted by molar-refractivity contribution is 4.63. The van der Waals surface area contributed by atoms with Crippen molar-refractivity contribution < 1.29 is 9.47 Å². The SMILES string of the molecule is CCOCCNC(C)CNCCOC. The zero-order valence-electron chi connectivity index (χ0n) is 9.64. The maximum atomic E-state index is 5.22. The Hall–Kier alpha value is -0.160. The third kappa shape index (κ3) is 9.92. The van der Waals surface area contributed by atoms with Crippen molar-refractivity contribution in [2.45, 2.75) is 19.9 Å². The summed E-state index contributed by atoms with van der Waals surface area (Å²) in [5.41, 5.74) is 0. The van der Waals surface area contributed by atoms with E-state index in [2.05, 4.69) is 17.6 Å². The van der Waals surface area contributed by atoms with Crippen molar-refractivity contribution in [1.29, 1.82) is 0 Å². The average molecular weight is 204 g/mol. The second-order valence-electron chi connectivity index (χ2n) is 3.25. The lowest BCUT2D eigenvalue weighted by atomic mass is 10.3. The molecule has 14 heavy (non-hydrogen) atoms. The van der Waals surface area contributed by atoms with Gasteiger partial charge in [-0.3, -0.25) is 0 Å². The maximum Gasteiger partial charge on any atom is 0.0590 e. The molecule has 86 valence electrons. The molecule has 0 spiro atoms. The molecule has 4 nitrogen and oxygen atoms in total. The fourth-order valence-electron chi connectivity index (χ4n) is 1.09. The van der Waals surface area contributed by atoms with E-state index in [4.69, 9.17) is 9.47 Å². The molecular weight excluding hydrogens is 180 g/mol. The highest BCUT2D eigenvalue weighted by Crippen LogP contribution is 1.79. The number of hydrogen-bond acceptors (Lipinski definition) is 4. The van der Waals surface area contributed by atoms with Gasteiger partial charge in [-0.25, -0.2) is 0 Å². The van der Waals surface area contributed by atoms with Gasteiger partial charge in [-0.05, 0) is 13.8 Å². The van der Waals surface area contributed by atoms with Crippen LogP contribution < -0.4 is 10.6 Å². The van der Waals surface area contributed by atoms with Gasteiger partial charge >= 0.3 is 0 Å². The van der Waals surface area contributed by atoms with Crippen LogP contribution in [0.3, 0.4) is 0 Å². The van der Waals surface area contributed by atoms with Crippen molar-refractivity contribution in [3.05, 3.63) is 0 Å². The van der Waals surface area contributed by atoms with Crippen molar-refractivity contribution in [3.8, 4) is 0 Å². The first-order chi connectivity index (χ1) is 6.81. The van der Waals surface area contributed by atoms with Crippen LogP contribution in [0.5, 0.6) is 0 Å². The van der Waals surface area contributed by atoms with Crippen LogP contribution in [0.2, 0.25) is 0 Å². The number of methoxy groups -OCH3 is 1. The van der Waals surface area contributed by atoms with Crippen LogP contribution in [0.1, 0.15) is 13.8 Å². The van der Waals surface area contributed by atoms with Crippen molar-refractivity contribution >= 4 is 0 Å². The molecule has 0 saturated heterocycles. The quantitative estimate of drug-likeness (QED) is 0.500. The predicted octanol–water partition coefficient (Wildman–Crippen LogP) is 0.237. The number of rotatable bonds is 10. The molecule has 0 aliphatic rings. The van der Waals surface area contributed by atoms with Gasteiger partial charge in [0.1, 0.15) is 0 Å². The first-order valence-electron chi connectivity index (χ1n) is 5.32. The monoisotopic (exact) mass is 204 g/mol. The normalized spacial score (nSPS) is 13.1. The summed E-state index contributed by atoms with van der Waals surface area (Å²) in [7, 11) is 1.71. The van der Waals surface area contributed by atoms with Gasteiger partial charge in [0.25, 0.3) is 0 Å². The van der Waals surface area contributed by atoms with Crippen molar-refractivity contribution in [2.75, 3.05) is 46.6 Å². The average Bonchev–Trinajstić information content (AvgIpc) is 2.19. The lowest BCUT2D eigenvalue weighted by Crippen LogP contribution is -2.38. The van der Waals surface area contributed by atoms with Crippen LogP contribution in [-0.4, -0.2) is 52.6 Å². The van der Waals surface area contributed by atoms with Crippen molar-refractivity contribution in [1.82, 2.24) is 10.6 Å². The molecule has 0 aromatic heterocycles. The number of nitrogens with one attached hydrogen (secondary N) is 2. The molecule has 0 aliphatic carbocycles. The molecule has 0 bridgehead atoms.